The monoisotopic (exact) mass is 161 g/mol. The van der Waals surface area contributed by atoms with E-state index in [0.29, 0.717) is 0 Å². The van der Waals surface area contributed by atoms with Gasteiger partial charge in [-0.1, -0.05) is 11.8 Å². The largest absolute Gasteiger partial charge is 0.494 e. The molecular formula is C5H7NOS2. The van der Waals surface area contributed by atoms with Crippen molar-refractivity contribution in [2.75, 3.05) is 0 Å². The Kier molecular flexibility index (Phi) is 2.95. The maximum atomic E-state index is 8.56. The fourth-order valence-corrected chi connectivity index (χ4v) is 1.35. The number of rotatable bonds is 1. The van der Waals surface area contributed by atoms with Crippen LogP contribution in [0.3, 0.4) is 0 Å². The van der Waals surface area contributed by atoms with Gasteiger partial charge in [-0.2, -0.15) is 5.26 Å². The van der Waals surface area contributed by atoms with Crippen LogP contribution in [0.25, 0.3) is 0 Å². The van der Waals surface area contributed by atoms with E-state index in [1.54, 1.807) is 13.8 Å². The predicted molar refractivity (Wildman–Crippen MR) is 42.5 cm³/mol. The quantitative estimate of drug-likeness (QED) is 0.596. The second kappa shape index (κ2) is 3.04. The summed E-state index contributed by atoms with van der Waals surface area (Å²) in [4.78, 5) is 0. The second-order valence-corrected chi connectivity index (χ2v) is 4.25. The van der Waals surface area contributed by atoms with Gasteiger partial charge in [-0.3, -0.25) is 0 Å². The molecule has 0 saturated carbocycles. The third kappa shape index (κ3) is 4.25. The van der Waals surface area contributed by atoms with Crippen LogP contribution in [0.15, 0.2) is 0 Å². The molecule has 9 heavy (non-hydrogen) atoms. The van der Waals surface area contributed by atoms with Crippen molar-refractivity contribution in [1.82, 2.24) is 0 Å². The van der Waals surface area contributed by atoms with Crippen molar-refractivity contribution < 1.29 is 5.11 Å². The van der Waals surface area contributed by atoms with Gasteiger partial charge in [0, 0.05) is 0 Å². The zero-order valence-corrected chi connectivity index (χ0v) is 6.84. The smallest absolute Gasteiger partial charge is 0.219 e. The van der Waals surface area contributed by atoms with E-state index in [0.717, 1.165) is 11.8 Å². The molecule has 0 saturated heterocycles. The Hall–Kier alpha value is -0.270. The topological polar surface area (TPSA) is 44.0 Å². The normalized spacial score (nSPS) is 10.3. The molecule has 0 aromatic rings. The van der Waals surface area contributed by atoms with Crippen LogP contribution in [-0.2, 0) is 0 Å². The summed E-state index contributed by atoms with van der Waals surface area (Å²) in [6, 6.07) is 1.99. The van der Waals surface area contributed by atoms with Gasteiger partial charge in [0.25, 0.3) is 0 Å². The van der Waals surface area contributed by atoms with Gasteiger partial charge in [0.05, 0.1) is 6.07 Å². The Balaban J connectivity index is 3.91. The number of hydrogen-bond donors (Lipinski definition) is 1. The Morgan fingerprint density at radius 1 is 1.78 bits per heavy atom. The lowest BCUT2D eigenvalue weighted by atomic mass is 10.2. The molecule has 0 atom stereocenters. The molecule has 0 aliphatic carbocycles. The number of hydrogen-bond acceptors (Lipinski definition) is 3. The van der Waals surface area contributed by atoms with Crippen molar-refractivity contribution in [3.05, 3.63) is 0 Å². The van der Waals surface area contributed by atoms with E-state index in [9.17, 15) is 0 Å². The molecule has 2 nitrogen and oxygen atoms in total. The summed E-state index contributed by atoms with van der Waals surface area (Å²) in [6.45, 7) is 3.39. The minimum atomic E-state index is -0.605. The lowest BCUT2D eigenvalue weighted by Crippen LogP contribution is -2.12. The first kappa shape index (κ1) is 8.73. The molecule has 1 N–H and O–H groups in total. The van der Waals surface area contributed by atoms with Crippen molar-refractivity contribution in [2.45, 2.75) is 18.6 Å². The van der Waals surface area contributed by atoms with Crippen LogP contribution in [0.2, 0.25) is 0 Å². The highest BCUT2D eigenvalue weighted by atomic mass is 32.2. The van der Waals surface area contributed by atoms with Crippen molar-refractivity contribution in [2.24, 2.45) is 0 Å². The van der Waals surface area contributed by atoms with Gasteiger partial charge in [0.2, 0.25) is 4.38 Å². The van der Waals surface area contributed by atoms with Gasteiger partial charge in [-0.05, 0) is 26.1 Å². The first-order chi connectivity index (χ1) is 3.98. The molecule has 0 spiro atoms. The maximum Gasteiger partial charge on any atom is 0.219 e. The minimum Gasteiger partial charge on any atom is -0.494 e. The predicted octanol–water partition coefficient (Wildman–Crippen LogP) is 1.86. The number of aliphatic hydroxyl groups excluding tert-OH is 1. The van der Waals surface area contributed by atoms with Crippen LogP contribution in [0.1, 0.15) is 13.8 Å². The van der Waals surface area contributed by atoms with Gasteiger partial charge >= 0.3 is 0 Å². The van der Waals surface area contributed by atoms with Crippen LogP contribution >= 0.6 is 24.0 Å². The fraction of sp³-hybridized carbons (Fsp3) is 0.600. The summed E-state index contributed by atoms with van der Waals surface area (Å²) < 4.78 is -0.784. The van der Waals surface area contributed by atoms with Crippen LogP contribution in [0.5, 0.6) is 0 Å². The lowest BCUT2D eigenvalue weighted by molar-refractivity contribution is 0.584. The molecule has 0 heterocycles. The molecule has 0 bridgehead atoms. The number of thioether (sulfide) groups is 1. The molecule has 0 aliphatic rings. The highest BCUT2D eigenvalue weighted by Gasteiger charge is 2.19. The summed E-state index contributed by atoms with van der Waals surface area (Å²) >= 11 is 5.36. The van der Waals surface area contributed by atoms with Crippen molar-refractivity contribution >= 4 is 28.4 Å². The van der Waals surface area contributed by atoms with E-state index in [1.807, 2.05) is 6.07 Å². The number of thiocarbonyl (C=S) groups is 1. The first-order valence-corrected chi connectivity index (χ1v) is 3.53. The summed E-state index contributed by atoms with van der Waals surface area (Å²) in [5, 5.41) is 17.0. The molecule has 4 heteroatoms. The number of aliphatic hydroxyl groups is 1. The van der Waals surface area contributed by atoms with Crippen LogP contribution < -0.4 is 0 Å². The molecule has 0 fully saturated rings. The van der Waals surface area contributed by atoms with Crippen molar-refractivity contribution in [3.63, 3.8) is 0 Å². The van der Waals surface area contributed by atoms with Crippen molar-refractivity contribution in [3.8, 4) is 6.07 Å². The molecule has 0 amide bonds. The summed E-state index contributed by atoms with van der Waals surface area (Å²) in [6.07, 6.45) is 0. The van der Waals surface area contributed by atoms with Gasteiger partial charge in [-0.25, -0.2) is 0 Å². The molecule has 0 radical (unpaired) electrons. The Morgan fingerprint density at radius 2 is 2.22 bits per heavy atom. The van der Waals surface area contributed by atoms with Gasteiger partial charge in [-0.15, -0.1) is 0 Å². The van der Waals surface area contributed by atoms with E-state index < -0.39 is 4.75 Å². The zero-order chi connectivity index (χ0) is 7.49. The van der Waals surface area contributed by atoms with E-state index in [1.165, 1.54) is 0 Å². The van der Waals surface area contributed by atoms with Gasteiger partial charge in [0.1, 0.15) is 4.75 Å². The summed E-state index contributed by atoms with van der Waals surface area (Å²) in [5.74, 6) is 0. The van der Waals surface area contributed by atoms with Gasteiger partial charge in [0.15, 0.2) is 0 Å². The average Bonchev–Trinajstić information content (AvgIpc) is 1.63. The fourth-order valence-electron chi connectivity index (χ4n) is 0.241. The molecule has 0 aromatic carbocycles. The third-order valence-corrected chi connectivity index (χ3v) is 1.64. The average molecular weight is 161 g/mol. The van der Waals surface area contributed by atoms with Crippen LogP contribution in [0, 0.1) is 11.3 Å². The minimum absolute atomic E-state index is 0.179. The van der Waals surface area contributed by atoms with Crippen LogP contribution in [-0.4, -0.2) is 14.2 Å². The SMILES string of the molecule is CC(C)(C#N)SC(O)=S. The molecule has 0 aliphatic heterocycles. The Morgan fingerprint density at radius 3 is 2.33 bits per heavy atom. The van der Waals surface area contributed by atoms with Gasteiger partial charge < -0.3 is 5.11 Å². The molecule has 50 valence electrons. The molecule has 0 unspecified atom stereocenters. The Labute approximate surface area is 63.9 Å². The van der Waals surface area contributed by atoms with Crippen molar-refractivity contribution in [1.29, 1.82) is 5.26 Å². The highest BCUT2D eigenvalue weighted by molar-refractivity contribution is 8.23. The highest BCUT2D eigenvalue weighted by Crippen LogP contribution is 2.23. The number of nitriles is 1. The summed E-state index contributed by atoms with van der Waals surface area (Å²) in [7, 11) is 0. The van der Waals surface area contributed by atoms with Crippen LogP contribution in [0.4, 0.5) is 0 Å². The molecule has 0 rings (SSSR count). The Bertz CT molecular complexity index is 159. The molecular weight excluding hydrogens is 154 g/mol. The third-order valence-electron chi connectivity index (χ3n) is 0.612. The first-order valence-electron chi connectivity index (χ1n) is 2.31. The molecule has 0 aromatic heterocycles. The van der Waals surface area contributed by atoms with E-state index in [4.69, 9.17) is 10.4 Å². The lowest BCUT2D eigenvalue weighted by Gasteiger charge is -2.10. The van der Waals surface area contributed by atoms with E-state index >= 15 is 0 Å². The van der Waals surface area contributed by atoms with E-state index in [2.05, 4.69) is 12.2 Å². The van der Waals surface area contributed by atoms with E-state index in [-0.39, 0.29) is 4.38 Å². The second-order valence-electron chi connectivity index (χ2n) is 1.99. The number of nitrogens with zero attached hydrogens (tertiary/aromatic N) is 1. The standard InChI is InChI=1S/C5H7NOS2/c1-5(2,3-6)9-4(7)8/h1-2H3,(H,7,8). The maximum absolute atomic E-state index is 8.56. The summed E-state index contributed by atoms with van der Waals surface area (Å²) in [5.41, 5.74) is 0. The zero-order valence-electron chi connectivity index (χ0n) is 5.21.